The molecule has 0 aliphatic carbocycles. The van der Waals surface area contributed by atoms with E-state index >= 15 is 0 Å². The number of nitrogens with zero attached hydrogens (tertiary/aromatic N) is 4. The van der Waals surface area contributed by atoms with E-state index in [0.29, 0.717) is 21.3 Å². The summed E-state index contributed by atoms with van der Waals surface area (Å²) in [5, 5.41) is 8.07. The van der Waals surface area contributed by atoms with E-state index in [-0.39, 0.29) is 5.69 Å². The Kier molecular flexibility index (Phi) is 5.24. The van der Waals surface area contributed by atoms with Crippen LogP contribution < -0.4 is 4.72 Å². The summed E-state index contributed by atoms with van der Waals surface area (Å²) in [4.78, 5) is 20.1. The highest BCUT2D eigenvalue weighted by atomic mass is 32.2. The second-order valence-corrected chi connectivity index (χ2v) is 8.95. The minimum Gasteiger partial charge on any atom is -0.266 e. The van der Waals surface area contributed by atoms with E-state index in [9.17, 15) is 17.6 Å². The summed E-state index contributed by atoms with van der Waals surface area (Å²) < 4.78 is 39.0. The zero-order valence-electron chi connectivity index (χ0n) is 14.2. The van der Waals surface area contributed by atoms with Gasteiger partial charge in [0.15, 0.2) is 5.01 Å². The van der Waals surface area contributed by atoms with Crippen LogP contribution in [0, 0.1) is 5.82 Å². The van der Waals surface area contributed by atoms with E-state index in [4.69, 9.17) is 0 Å². The fourth-order valence-electron chi connectivity index (χ4n) is 1.95. The number of hydrogen-bond acceptors (Lipinski definition) is 8. The quantitative estimate of drug-likeness (QED) is 0.690. The molecule has 27 heavy (non-hydrogen) atoms. The van der Waals surface area contributed by atoms with E-state index in [2.05, 4.69) is 20.2 Å². The second-order valence-electron chi connectivity index (χ2n) is 5.74. The van der Waals surface area contributed by atoms with Gasteiger partial charge in [-0.2, -0.15) is 0 Å². The summed E-state index contributed by atoms with van der Waals surface area (Å²) in [5.74, 6) is -1.32. The third kappa shape index (κ3) is 4.31. The summed E-state index contributed by atoms with van der Waals surface area (Å²) in [6.07, 6.45) is 2.54. The molecule has 0 atom stereocenters. The molecule has 0 aliphatic heterocycles. The lowest BCUT2D eigenvalue weighted by Gasteiger charge is -2.09. The Morgan fingerprint density at radius 2 is 1.93 bits per heavy atom. The van der Waals surface area contributed by atoms with Crippen LogP contribution in [0.3, 0.4) is 0 Å². The van der Waals surface area contributed by atoms with Gasteiger partial charge in [0.25, 0.3) is 5.91 Å². The number of aromatic nitrogens is 4. The maximum Gasteiger partial charge on any atom is 0.283 e. The minimum atomic E-state index is -3.77. The van der Waals surface area contributed by atoms with Crippen LogP contribution in [0.5, 0.6) is 0 Å². The SMILES string of the molecule is CC(C)S(=O)(=O)NC(=O)c1cccc(-c2nnc(-c3cncc(F)c3)s2)n1. The molecule has 0 unspecified atom stereocenters. The van der Waals surface area contributed by atoms with Gasteiger partial charge < -0.3 is 0 Å². The van der Waals surface area contributed by atoms with E-state index in [1.807, 2.05) is 4.72 Å². The van der Waals surface area contributed by atoms with Crippen molar-refractivity contribution in [3.05, 3.63) is 48.2 Å². The van der Waals surface area contributed by atoms with Crippen molar-refractivity contribution in [3.8, 4) is 21.3 Å². The molecule has 0 bridgehead atoms. The lowest BCUT2D eigenvalue weighted by molar-refractivity contribution is 0.0976. The summed E-state index contributed by atoms with van der Waals surface area (Å²) in [7, 11) is -3.77. The monoisotopic (exact) mass is 407 g/mol. The molecule has 3 rings (SSSR count). The fourth-order valence-corrected chi connectivity index (χ4v) is 3.34. The normalized spacial score (nSPS) is 11.6. The topological polar surface area (TPSA) is 115 Å². The Morgan fingerprint density at radius 3 is 2.63 bits per heavy atom. The van der Waals surface area contributed by atoms with Crippen LogP contribution in [0.15, 0.2) is 36.7 Å². The zero-order valence-corrected chi connectivity index (χ0v) is 15.9. The summed E-state index contributed by atoms with van der Waals surface area (Å²) >= 11 is 1.14. The van der Waals surface area contributed by atoms with Crippen molar-refractivity contribution in [2.24, 2.45) is 0 Å². The average molecular weight is 407 g/mol. The first-order valence-electron chi connectivity index (χ1n) is 7.74. The molecule has 0 radical (unpaired) electrons. The van der Waals surface area contributed by atoms with Crippen LogP contribution in [0.2, 0.25) is 0 Å². The predicted molar refractivity (Wildman–Crippen MR) is 97.9 cm³/mol. The molecule has 8 nitrogen and oxygen atoms in total. The molecule has 3 aromatic heterocycles. The van der Waals surface area contributed by atoms with Crippen LogP contribution in [-0.4, -0.2) is 39.7 Å². The van der Waals surface area contributed by atoms with Gasteiger partial charge in [0.05, 0.1) is 11.4 Å². The number of halogens is 1. The van der Waals surface area contributed by atoms with Crippen molar-refractivity contribution in [1.29, 1.82) is 0 Å². The molecule has 0 spiro atoms. The number of amides is 1. The highest BCUT2D eigenvalue weighted by Crippen LogP contribution is 2.28. The predicted octanol–water partition coefficient (Wildman–Crippen LogP) is 2.27. The van der Waals surface area contributed by atoms with Crippen LogP contribution >= 0.6 is 11.3 Å². The number of sulfonamides is 1. The third-order valence-electron chi connectivity index (χ3n) is 3.43. The molecule has 0 saturated carbocycles. The van der Waals surface area contributed by atoms with Crippen LogP contribution in [0.4, 0.5) is 4.39 Å². The molecule has 11 heteroatoms. The molecule has 0 aliphatic rings. The molecule has 140 valence electrons. The molecule has 0 saturated heterocycles. The number of carbonyl (C=O) groups is 1. The molecule has 0 aromatic carbocycles. The molecule has 1 N–H and O–H groups in total. The van der Waals surface area contributed by atoms with Crippen LogP contribution in [-0.2, 0) is 10.0 Å². The first-order chi connectivity index (χ1) is 12.8. The summed E-state index contributed by atoms with van der Waals surface area (Å²) in [5.41, 5.74) is 0.745. The van der Waals surface area contributed by atoms with E-state index < -0.39 is 27.0 Å². The van der Waals surface area contributed by atoms with Crippen molar-refractivity contribution < 1.29 is 17.6 Å². The van der Waals surface area contributed by atoms with E-state index in [0.717, 1.165) is 17.5 Å². The van der Waals surface area contributed by atoms with Gasteiger partial charge >= 0.3 is 0 Å². The van der Waals surface area contributed by atoms with Gasteiger partial charge in [0, 0.05) is 11.8 Å². The minimum absolute atomic E-state index is 0.0686. The van der Waals surface area contributed by atoms with Crippen molar-refractivity contribution in [2.45, 2.75) is 19.1 Å². The smallest absolute Gasteiger partial charge is 0.266 e. The van der Waals surface area contributed by atoms with Crippen LogP contribution in [0.1, 0.15) is 24.3 Å². The standard InChI is InChI=1S/C16H14FN5O3S2/c1-9(2)27(24,25)22-14(23)12-4-3-5-13(19-12)16-21-20-15(26-16)10-6-11(17)8-18-7-10/h3-9H,1-2H3,(H,22,23). The van der Waals surface area contributed by atoms with Gasteiger partial charge in [-0.1, -0.05) is 17.4 Å². The highest BCUT2D eigenvalue weighted by Gasteiger charge is 2.21. The molecule has 1 amide bonds. The number of pyridine rings is 2. The van der Waals surface area contributed by atoms with Gasteiger partial charge in [-0.05, 0) is 32.0 Å². The second kappa shape index (κ2) is 7.45. The molecular formula is C16H14FN5O3S2. The first kappa shape index (κ1) is 19.0. The Balaban J connectivity index is 1.87. The van der Waals surface area contributed by atoms with Gasteiger partial charge in [-0.15, -0.1) is 10.2 Å². The van der Waals surface area contributed by atoms with Gasteiger partial charge in [-0.25, -0.2) is 22.5 Å². The molecular weight excluding hydrogens is 393 g/mol. The Hall–Kier alpha value is -2.79. The molecule has 3 aromatic rings. The highest BCUT2D eigenvalue weighted by molar-refractivity contribution is 7.90. The lowest BCUT2D eigenvalue weighted by Crippen LogP contribution is -2.36. The third-order valence-corrected chi connectivity index (χ3v) is 6.14. The number of nitrogens with one attached hydrogen (secondary N) is 1. The number of carbonyl (C=O) groups excluding carboxylic acids is 1. The van der Waals surface area contributed by atoms with Crippen molar-refractivity contribution in [1.82, 2.24) is 24.9 Å². The van der Waals surface area contributed by atoms with Crippen molar-refractivity contribution in [2.75, 3.05) is 0 Å². The van der Waals surface area contributed by atoms with Gasteiger partial charge in [0.2, 0.25) is 10.0 Å². The fraction of sp³-hybridized carbons (Fsp3) is 0.188. The van der Waals surface area contributed by atoms with Gasteiger partial charge in [0.1, 0.15) is 22.2 Å². The maximum atomic E-state index is 13.3. The van der Waals surface area contributed by atoms with Crippen molar-refractivity contribution in [3.63, 3.8) is 0 Å². The summed E-state index contributed by atoms with van der Waals surface area (Å²) in [6.45, 7) is 2.92. The van der Waals surface area contributed by atoms with Crippen LogP contribution in [0.25, 0.3) is 21.3 Å². The Bertz CT molecular complexity index is 1100. The van der Waals surface area contributed by atoms with Gasteiger partial charge in [-0.3, -0.25) is 9.78 Å². The van der Waals surface area contributed by atoms with E-state index in [1.165, 1.54) is 32.2 Å². The lowest BCUT2D eigenvalue weighted by atomic mass is 10.3. The Morgan fingerprint density at radius 1 is 1.19 bits per heavy atom. The number of hydrogen-bond donors (Lipinski definition) is 1. The largest absolute Gasteiger partial charge is 0.283 e. The van der Waals surface area contributed by atoms with E-state index in [1.54, 1.807) is 12.1 Å². The molecule has 3 heterocycles. The maximum absolute atomic E-state index is 13.3. The van der Waals surface area contributed by atoms with Crippen molar-refractivity contribution >= 4 is 27.3 Å². The zero-order chi connectivity index (χ0) is 19.6. The Labute approximate surface area is 158 Å². The number of rotatable bonds is 5. The summed E-state index contributed by atoms with van der Waals surface area (Å²) in [6, 6.07) is 5.85. The molecule has 0 fully saturated rings. The first-order valence-corrected chi connectivity index (χ1v) is 10.1. The average Bonchev–Trinajstić information content (AvgIpc) is 3.11.